The van der Waals surface area contributed by atoms with Gasteiger partial charge in [0, 0.05) is 5.75 Å². The molecular weight excluding hydrogens is 250 g/mol. The van der Waals surface area contributed by atoms with Crippen LogP contribution >= 0.6 is 11.8 Å². The van der Waals surface area contributed by atoms with E-state index in [4.69, 9.17) is 5.26 Å². The molecule has 0 bridgehead atoms. The number of nitrogens with zero attached hydrogens (tertiary/aromatic N) is 5. The third-order valence-corrected chi connectivity index (χ3v) is 3.24. The van der Waals surface area contributed by atoms with Gasteiger partial charge in [0.05, 0.1) is 24.3 Å². The zero-order chi connectivity index (χ0) is 12.8. The minimum atomic E-state index is -0.666. The van der Waals surface area contributed by atoms with Crippen LogP contribution in [0.25, 0.3) is 5.69 Å². The Hall–Kier alpha value is -1.91. The number of hydrogen-bond donors (Lipinski definition) is 1. The monoisotopic (exact) mass is 261 g/mol. The van der Waals surface area contributed by atoms with E-state index in [1.165, 1.54) is 11.8 Å². The minimum absolute atomic E-state index is 0.111. The largest absolute Gasteiger partial charge is 0.391 e. The number of tetrazole rings is 1. The Labute approximate surface area is 108 Å². The van der Waals surface area contributed by atoms with Crippen molar-refractivity contribution in [1.29, 1.82) is 5.26 Å². The summed E-state index contributed by atoms with van der Waals surface area (Å²) in [6.45, 7) is 0. The Kier molecular flexibility index (Phi) is 4.28. The van der Waals surface area contributed by atoms with Crippen LogP contribution in [0.5, 0.6) is 0 Å². The number of hydrogen-bond acceptors (Lipinski definition) is 6. The van der Waals surface area contributed by atoms with E-state index in [0.29, 0.717) is 10.9 Å². The number of rotatable bonds is 5. The highest BCUT2D eigenvalue weighted by Crippen LogP contribution is 2.19. The maximum atomic E-state index is 9.49. The van der Waals surface area contributed by atoms with Crippen molar-refractivity contribution >= 4 is 11.8 Å². The lowest BCUT2D eigenvalue weighted by Crippen LogP contribution is -2.09. The molecule has 1 aromatic carbocycles. The quantitative estimate of drug-likeness (QED) is 0.809. The van der Waals surface area contributed by atoms with Gasteiger partial charge in [-0.25, -0.2) is 0 Å². The second-order valence-corrected chi connectivity index (χ2v) is 4.52. The van der Waals surface area contributed by atoms with Crippen molar-refractivity contribution < 1.29 is 5.11 Å². The van der Waals surface area contributed by atoms with E-state index in [2.05, 4.69) is 15.5 Å². The van der Waals surface area contributed by atoms with Crippen LogP contribution in [0.4, 0.5) is 0 Å². The van der Waals surface area contributed by atoms with Crippen LogP contribution in [-0.2, 0) is 0 Å². The number of aliphatic hydroxyl groups is 1. The molecule has 0 amide bonds. The van der Waals surface area contributed by atoms with E-state index in [-0.39, 0.29) is 6.42 Å². The summed E-state index contributed by atoms with van der Waals surface area (Å²) < 4.78 is 1.60. The average molecular weight is 261 g/mol. The van der Waals surface area contributed by atoms with Gasteiger partial charge in [-0.2, -0.15) is 9.94 Å². The predicted molar refractivity (Wildman–Crippen MR) is 66.1 cm³/mol. The Bertz CT molecular complexity index is 536. The molecule has 0 aliphatic rings. The van der Waals surface area contributed by atoms with Crippen LogP contribution < -0.4 is 0 Å². The fraction of sp³-hybridized carbons (Fsp3) is 0.273. The van der Waals surface area contributed by atoms with E-state index in [0.717, 1.165) is 5.69 Å². The molecule has 6 nitrogen and oxygen atoms in total. The predicted octanol–water partition coefficient (Wildman–Crippen LogP) is 1.03. The van der Waals surface area contributed by atoms with Crippen LogP contribution in [0.2, 0.25) is 0 Å². The fourth-order valence-corrected chi connectivity index (χ4v) is 2.15. The molecule has 2 aromatic rings. The van der Waals surface area contributed by atoms with E-state index in [9.17, 15) is 5.11 Å². The Morgan fingerprint density at radius 3 is 2.89 bits per heavy atom. The van der Waals surface area contributed by atoms with Gasteiger partial charge in [-0.3, -0.25) is 0 Å². The maximum absolute atomic E-state index is 9.49. The first-order chi connectivity index (χ1) is 8.81. The highest BCUT2D eigenvalue weighted by Gasteiger charge is 2.11. The minimum Gasteiger partial charge on any atom is -0.391 e. The molecule has 0 fully saturated rings. The number of nitriles is 1. The molecule has 1 aromatic heterocycles. The molecule has 0 radical (unpaired) electrons. The lowest BCUT2D eigenvalue weighted by atomic mass is 10.3. The van der Waals surface area contributed by atoms with Crippen molar-refractivity contribution in [1.82, 2.24) is 20.2 Å². The van der Waals surface area contributed by atoms with Crippen molar-refractivity contribution in [2.45, 2.75) is 17.7 Å². The summed E-state index contributed by atoms with van der Waals surface area (Å²) in [4.78, 5) is 0. The zero-order valence-corrected chi connectivity index (χ0v) is 10.3. The first kappa shape index (κ1) is 12.5. The van der Waals surface area contributed by atoms with Crippen LogP contribution in [0, 0.1) is 11.3 Å². The van der Waals surface area contributed by atoms with Gasteiger partial charge in [0.1, 0.15) is 0 Å². The summed E-state index contributed by atoms with van der Waals surface area (Å²) in [5.74, 6) is 0.390. The number of thioether (sulfide) groups is 1. The summed E-state index contributed by atoms with van der Waals surface area (Å²) in [6, 6.07) is 11.4. The van der Waals surface area contributed by atoms with E-state index in [1.54, 1.807) is 4.68 Å². The van der Waals surface area contributed by atoms with E-state index < -0.39 is 6.10 Å². The topological polar surface area (TPSA) is 87.6 Å². The second kappa shape index (κ2) is 6.14. The smallest absolute Gasteiger partial charge is 0.214 e. The number of aromatic nitrogens is 4. The first-order valence-corrected chi connectivity index (χ1v) is 6.31. The summed E-state index contributed by atoms with van der Waals surface area (Å²) in [5, 5.41) is 30.0. The lowest BCUT2D eigenvalue weighted by Gasteiger charge is -2.06. The molecule has 0 aliphatic carbocycles. The van der Waals surface area contributed by atoms with Crippen molar-refractivity contribution in [3.8, 4) is 11.8 Å². The van der Waals surface area contributed by atoms with Gasteiger partial charge in [0.2, 0.25) is 5.16 Å². The van der Waals surface area contributed by atoms with Crippen molar-refractivity contribution in [2.75, 3.05) is 5.75 Å². The van der Waals surface area contributed by atoms with Crippen LogP contribution in [0.1, 0.15) is 6.42 Å². The lowest BCUT2D eigenvalue weighted by molar-refractivity contribution is 0.205. The van der Waals surface area contributed by atoms with Crippen LogP contribution in [0.3, 0.4) is 0 Å². The molecule has 1 N–H and O–H groups in total. The molecule has 0 unspecified atom stereocenters. The third kappa shape index (κ3) is 3.06. The molecule has 0 aliphatic heterocycles. The normalized spacial score (nSPS) is 12.0. The molecule has 0 saturated heterocycles. The summed E-state index contributed by atoms with van der Waals surface area (Å²) in [6.07, 6.45) is -0.555. The Morgan fingerprint density at radius 1 is 1.39 bits per heavy atom. The SMILES string of the molecule is N#CC[C@H](O)CSc1nnnn1-c1ccccc1. The van der Waals surface area contributed by atoms with Gasteiger partial charge in [-0.15, -0.1) is 5.10 Å². The second-order valence-electron chi connectivity index (χ2n) is 3.54. The molecule has 0 spiro atoms. The molecule has 2 rings (SSSR count). The van der Waals surface area contributed by atoms with Gasteiger partial charge in [0.15, 0.2) is 0 Å². The highest BCUT2D eigenvalue weighted by molar-refractivity contribution is 7.99. The van der Waals surface area contributed by atoms with Crippen LogP contribution in [-0.4, -0.2) is 37.2 Å². The highest BCUT2D eigenvalue weighted by atomic mass is 32.2. The summed E-state index contributed by atoms with van der Waals surface area (Å²) in [7, 11) is 0. The molecule has 1 heterocycles. The Balaban J connectivity index is 2.07. The van der Waals surface area contributed by atoms with Crippen molar-refractivity contribution in [2.24, 2.45) is 0 Å². The zero-order valence-electron chi connectivity index (χ0n) is 9.47. The van der Waals surface area contributed by atoms with E-state index >= 15 is 0 Å². The Morgan fingerprint density at radius 2 is 2.17 bits per heavy atom. The molecular formula is C11H11N5OS. The third-order valence-electron chi connectivity index (χ3n) is 2.17. The standard InChI is InChI=1S/C11H11N5OS/c12-7-6-10(17)8-18-11-13-14-15-16(11)9-4-2-1-3-5-9/h1-5,10,17H,6,8H2/t10-/m0/s1. The summed E-state index contributed by atoms with van der Waals surface area (Å²) in [5.41, 5.74) is 0.861. The average Bonchev–Trinajstić information content (AvgIpc) is 2.86. The van der Waals surface area contributed by atoms with Gasteiger partial charge < -0.3 is 5.11 Å². The summed E-state index contributed by atoms with van der Waals surface area (Å²) >= 11 is 1.32. The molecule has 0 saturated carbocycles. The fourth-order valence-electron chi connectivity index (χ4n) is 1.34. The van der Waals surface area contributed by atoms with Crippen LogP contribution in [0.15, 0.2) is 35.5 Å². The van der Waals surface area contributed by atoms with Gasteiger partial charge in [-0.1, -0.05) is 30.0 Å². The molecule has 92 valence electrons. The maximum Gasteiger partial charge on any atom is 0.214 e. The molecule has 18 heavy (non-hydrogen) atoms. The number of para-hydroxylation sites is 1. The number of aliphatic hydroxyl groups excluding tert-OH is 1. The first-order valence-electron chi connectivity index (χ1n) is 5.33. The van der Waals surface area contributed by atoms with Gasteiger partial charge in [0.25, 0.3) is 0 Å². The van der Waals surface area contributed by atoms with Crippen molar-refractivity contribution in [3.63, 3.8) is 0 Å². The molecule has 7 heteroatoms. The van der Waals surface area contributed by atoms with Gasteiger partial charge >= 0.3 is 0 Å². The van der Waals surface area contributed by atoms with Gasteiger partial charge in [-0.05, 0) is 22.6 Å². The number of benzene rings is 1. The molecule has 1 atom stereocenters. The van der Waals surface area contributed by atoms with E-state index in [1.807, 2.05) is 36.4 Å². The van der Waals surface area contributed by atoms with Crippen molar-refractivity contribution in [3.05, 3.63) is 30.3 Å².